The van der Waals surface area contributed by atoms with Crippen molar-refractivity contribution in [2.24, 2.45) is 0 Å². The van der Waals surface area contributed by atoms with Gasteiger partial charge in [-0.3, -0.25) is 0 Å². The molecule has 3 nitrogen and oxygen atoms in total. The number of fused-ring (bicyclic) bond motifs is 1. The number of carbonyl (C=O) groups excluding carboxylic acids is 1. The van der Waals surface area contributed by atoms with Crippen LogP contribution in [0.25, 0.3) is 10.8 Å². The summed E-state index contributed by atoms with van der Waals surface area (Å²) >= 11 is 0. The lowest BCUT2D eigenvalue weighted by Crippen LogP contribution is -2.04. The minimum absolute atomic E-state index is 0.282. The Morgan fingerprint density at radius 3 is 2.58 bits per heavy atom. The summed E-state index contributed by atoms with van der Waals surface area (Å²) in [5.74, 6) is 0.618. The Bertz CT molecular complexity index is 629. The van der Waals surface area contributed by atoms with Crippen molar-refractivity contribution in [2.45, 2.75) is 20.8 Å². The summed E-state index contributed by atoms with van der Waals surface area (Å²) in [6.45, 7) is 6.22. The van der Waals surface area contributed by atoms with Gasteiger partial charge in [0.2, 0.25) is 0 Å². The van der Waals surface area contributed by atoms with Gasteiger partial charge in [0.15, 0.2) is 0 Å². The summed E-state index contributed by atoms with van der Waals surface area (Å²) < 4.78 is 10.4. The zero-order valence-electron chi connectivity index (χ0n) is 11.7. The van der Waals surface area contributed by atoms with E-state index in [9.17, 15) is 4.79 Å². The standard InChI is InChI=1S/C16H18O3/c1-5-19-16(17)12-6-7-14-11(3)15(18-4)10(2)8-13(14)9-12/h6-9H,5H2,1-4H3. The van der Waals surface area contributed by atoms with Crippen LogP contribution >= 0.6 is 0 Å². The maximum Gasteiger partial charge on any atom is 0.338 e. The van der Waals surface area contributed by atoms with Gasteiger partial charge in [-0.15, -0.1) is 0 Å². The molecule has 19 heavy (non-hydrogen) atoms. The van der Waals surface area contributed by atoms with Crippen molar-refractivity contribution >= 4 is 16.7 Å². The quantitative estimate of drug-likeness (QED) is 0.788. The summed E-state index contributed by atoms with van der Waals surface area (Å²) in [5, 5.41) is 2.12. The fourth-order valence-electron chi connectivity index (χ4n) is 2.40. The van der Waals surface area contributed by atoms with Gasteiger partial charge in [-0.25, -0.2) is 4.79 Å². The third-order valence-electron chi connectivity index (χ3n) is 3.24. The Kier molecular flexibility index (Phi) is 3.74. The topological polar surface area (TPSA) is 35.5 Å². The number of rotatable bonds is 3. The van der Waals surface area contributed by atoms with E-state index in [4.69, 9.17) is 9.47 Å². The van der Waals surface area contributed by atoms with E-state index in [0.717, 1.165) is 27.6 Å². The number of hydrogen-bond acceptors (Lipinski definition) is 3. The fraction of sp³-hybridized carbons (Fsp3) is 0.312. The Morgan fingerprint density at radius 2 is 1.95 bits per heavy atom. The van der Waals surface area contributed by atoms with E-state index in [1.165, 1.54) is 0 Å². The normalized spacial score (nSPS) is 10.5. The monoisotopic (exact) mass is 258 g/mol. The van der Waals surface area contributed by atoms with Gasteiger partial charge in [-0.05, 0) is 60.9 Å². The SMILES string of the molecule is CCOC(=O)c1ccc2c(C)c(OC)c(C)cc2c1. The second-order valence-corrected chi connectivity index (χ2v) is 4.51. The number of carbonyl (C=O) groups is 1. The highest BCUT2D eigenvalue weighted by molar-refractivity contribution is 5.97. The summed E-state index contributed by atoms with van der Waals surface area (Å²) in [5.41, 5.74) is 2.74. The number of benzene rings is 2. The predicted octanol–water partition coefficient (Wildman–Crippen LogP) is 3.64. The molecule has 0 aliphatic heterocycles. The molecule has 0 radical (unpaired) electrons. The maximum absolute atomic E-state index is 11.7. The molecule has 0 spiro atoms. The number of aryl methyl sites for hydroxylation is 2. The van der Waals surface area contributed by atoms with Gasteiger partial charge >= 0.3 is 5.97 Å². The molecule has 100 valence electrons. The molecule has 0 heterocycles. The van der Waals surface area contributed by atoms with Crippen LogP contribution in [-0.2, 0) is 4.74 Å². The summed E-state index contributed by atoms with van der Waals surface area (Å²) in [7, 11) is 1.67. The molecule has 0 amide bonds. The van der Waals surface area contributed by atoms with Crippen LogP contribution in [0.4, 0.5) is 0 Å². The van der Waals surface area contributed by atoms with Crippen molar-refractivity contribution in [3.05, 3.63) is 41.0 Å². The van der Waals surface area contributed by atoms with Gasteiger partial charge in [0.05, 0.1) is 19.3 Å². The van der Waals surface area contributed by atoms with Crippen molar-refractivity contribution in [2.75, 3.05) is 13.7 Å². The fourth-order valence-corrected chi connectivity index (χ4v) is 2.40. The van der Waals surface area contributed by atoms with E-state index in [1.807, 2.05) is 32.0 Å². The van der Waals surface area contributed by atoms with Crippen LogP contribution in [0.3, 0.4) is 0 Å². The molecule has 0 saturated heterocycles. The Hall–Kier alpha value is -2.03. The molecule has 2 aromatic carbocycles. The summed E-state index contributed by atoms with van der Waals surface area (Å²) in [4.78, 5) is 11.7. The average Bonchev–Trinajstić information content (AvgIpc) is 2.38. The average molecular weight is 258 g/mol. The van der Waals surface area contributed by atoms with Crippen molar-refractivity contribution in [1.29, 1.82) is 0 Å². The zero-order chi connectivity index (χ0) is 14.0. The number of methoxy groups -OCH3 is 1. The van der Waals surface area contributed by atoms with Crippen molar-refractivity contribution < 1.29 is 14.3 Å². The van der Waals surface area contributed by atoms with E-state index in [0.29, 0.717) is 12.2 Å². The minimum Gasteiger partial charge on any atom is -0.496 e. The van der Waals surface area contributed by atoms with Crippen molar-refractivity contribution in [1.82, 2.24) is 0 Å². The van der Waals surface area contributed by atoms with Gasteiger partial charge in [0, 0.05) is 0 Å². The Balaban J connectivity index is 2.59. The first-order chi connectivity index (χ1) is 9.08. The first kappa shape index (κ1) is 13.4. The second-order valence-electron chi connectivity index (χ2n) is 4.51. The van der Waals surface area contributed by atoms with Gasteiger partial charge in [-0.2, -0.15) is 0 Å². The molecular weight excluding hydrogens is 240 g/mol. The number of esters is 1. The summed E-state index contributed by atoms with van der Waals surface area (Å²) in [6.07, 6.45) is 0. The third kappa shape index (κ3) is 2.41. The molecule has 0 N–H and O–H groups in total. The lowest BCUT2D eigenvalue weighted by Gasteiger charge is -2.12. The van der Waals surface area contributed by atoms with E-state index in [2.05, 4.69) is 0 Å². The molecule has 2 aromatic rings. The molecule has 0 bridgehead atoms. The highest BCUT2D eigenvalue weighted by Gasteiger charge is 2.11. The molecule has 0 unspecified atom stereocenters. The molecule has 0 atom stereocenters. The van der Waals surface area contributed by atoms with Crippen LogP contribution in [0.5, 0.6) is 5.75 Å². The van der Waals surface area contributed by atoms with Crippen LogP contribution in [0, 0.1) is 13.8 Å². The molecule has 0 aromatic heterocycles. The minimum atomic E-state index is -0.282. The van der Waals surface area contributed by atoms with E-state index in [1.54, 1.807) is 20.1 Å². The molecule has 0 saturated carbocycles. The van der Waals surface area contributed by atoms with Gasteiger partial charge in [0.25, 0.3) is 0 Å². The maximum atomic E-state index is 11.7. The number of ether oxygens (including phenoxy) is 2. The lowest BCUT2D eigenvalue weighted by molar-refractivity contribution is 0.0526. The molecule has 0 aliphatic rings. The Labute approximate surface area is 113 Å². The second kappa shape index (κ2) is 5.31. The molecule has 0 fully saturated rings. The van der Waals surface area contributed by atoms with Crippen LogP contribution in [0.1, 0.15) is 28.4 Å². The van der Waals surface area contributed by atoms with E-state index >= 15 is 0 Å². The molecule has 2 rings (SSSR count). The first-order valence-electron chi connectivity index (χ1n) is 6.33. The zero-order valence-corrected chi connectivity index (χ0v) is 11.7. The first-order valence-corrected chi connectivity index (χ1v) is 6.33. The molecule has 3 heteroatoms. The van der Waals surface area contributed by atoms with E-state index in [-0.39, 0.29) is 5.97 Å². The van der Waals surface area contributed by atoms with Crippen LogP contribution in [0.15, 0.2) is 24.3 Å². The van der Waals surface area contributed by atoms with Crippen LogP contribution in [0.2, 0.25) is 0 Å². The van der Waals surface area contributed by atoms with Crippen molar-refractivity contribution in [3.8, 4) is 5.75 Å². The van der Waals surface area contributed by atoms with Crippen LogP contribution in [-0.4, -0.2) is 19.7 Å². The van der Waals surface area contributed by atoms with E-state index < -0.39 is 0 Å². The predicted molar refractivity (Wildman–Crippen MR) is 75.9 cm³/mol. The van der Waals surface area contributed by atoms with Crippen molar-refractivity contribution in [3.63, 3.8) is 0 Å². The lowest BCUT2D eigenvalue weighted by atomic mass is 9.99. The molecule has 0 aliphatic carbocycles. The van der Waals surface area contributed by atoms with Gasteiger partial charge in [-0.1, -0.05) is 6.07 Å². The van der Waals surface area contributed by atoms with Gasteiger partial charge < -0.3 is 9.47 Å². The van der Waals surface area contributed by atoms with Crippen LogP contribution < -0.4 is 4.74 Å². The number of hydrogen-bond donors (Lipinski definition) is 0. The third-order valence-corrected chi connectivity index (χ3v) is 3.24. The summed E-state index contributed by atoms with van der Waals surface area (Å²) in [6, 6.07) is 7.64. The Morgan fingerprint density at radius 1 is 1.21 bits per heavy atom. The smallest absolute Gasteiger partial charge is 0.338 e. The van der Waals surface area contributed by atoms with Gasteiger partial charge in [0.1, 0.15) is 5.75 Å². The largest absolute Gasteiger partial charge is 0.496 e. The molecular formula is C16H18O3. The highest BCUT2D eigenvalue weighted by atomic mass is 16.5. The highest BCUT2D eigenvalue weighted by Crippen LogP contribution is 2.31.